The van der Waals surface area contributed by atoms with Gasteiger partial charge in [0.15, 0.2) is 12.6 Å². The number of ether oxygens (including phenoxy) is 6. The average molecular weight is 1170 g/mol. The number of nitrogens with zero attached hydrogens (tertiary/aromatic N) is 4. The lowest BCUT2D eigenvalue weighted by atomic mass is 9.77. The van der Waals surface area contributed by atoms with E-state index in [1.165, 1.54) is 20.2 Å². The van der Waals surface area contributed by atoms with Crippen LogP contribution in [0, 0.1) is 17.8 Å². The number of carboxylic acids is 1. The molecule has 464 valence electrons. The van der Waals surface area contributed by atoms with Crippen LogP contribution in [0.1, 0.15) is 117 Å². The number of aryl methyl sites for hydroxylation is 1. The third kappa shape index (κ3) is 17.4. The molecule has 25 heteroatoms. The molecule has 3 aliphatic heterocycles. The van der Waals surface area contributed by atoms with E-state index in [1.807, 2.05) is 50.9 Å². The fraction of sp³-hybridized carbons (Fsp3) is 0.786. The lowest BCUT2D eigenvalue weighted by Crippen LogP contribution is -2.61. The maximum Gasteiger partial charge on any atom is 0.341 e. The van der Waals surface area contributed by atoms with Crippen LogP contribution < -0.4 is 15.8 Å². The summed E-state index contributed by atoms with van der Waals surface area (Å²) in [5, 5.41) is 69.8. The number of likely N-dealkylation sites (N-methyl/N-ethyl adjacent to an activating group) is 2. The van der Waals surface area contributed by atoms with Gasteiger partial charge in [-0.15, -0.1) is 0 Å². The minimum Gasteiger partial charge on any atom is -0.483 e. The topological polar surface area (TPSA) is 315 Å². The van der Waals surface area contributed by atoms with Crippen molar-refractivity contribution in [2.24, 2.45) is 17.8 Å². The molecule has 18 atom stereocenters. The summed E-state index contributed by atoms with van der Waals surface area (Å²) in [6.45, 7) is 17.7. The number of aromatic carboxylic acids is 1. The largest absolute Gasteiger partial charge is 0.483 e. The second kappa shape index (κ2) is 29.2. The van der Waals surface area contributed by atoms with Crippen LogP contribution in [0.25, 0.3) is 10.9 Å². The first-order valence-electron chi connectivity index (χ1n) is 27.9. The van der Waals surface area contributed by atoms with E-state index in [2.05, 4.69) is 5.32 Å². The Morgan fingerprint density at radius 1 is 0.963 bits per heavy atom. The number of rotatable bonds is 18. The summed E-state index contributed by atoms with van der Waals surface area (Å²) in [5.41, 5.74) is -4.44. The number of nitrogens with one attached hydrogen (secondary N) is 1. The molecule has 3 saturated heterocycles. The molecule has 0 spiro atoms. The number of benzene rings is 1. The van der Waals surface area contributed by atoms with Gasteiger partial charge in [-0.25, -0.2) is 4.79 Å². The van der Waals surface area contributed by atoms with Gasteiger partial charge in [-0.2, -0.15) is 8.42 Å². The normalized spacial score (nSPS) is 36.0. The SMILES string of the molecule is CC[C@H]1OC(=O)[C@H](C)[C@@H](O[C@H]2C[C@@](C)(OC)[C@@H](OS(=O)(=O)CCNCCCc3ccc4c(c3)c(=O)c(C(=O)O)cn4N(C)C)[C@H](C)O2)[C@H](C)[C@@H](O[C@@H]2O[C@H](C)C[C@H](N(C)C)[C@H]2O)[C@](C)(O)C[C@@H](C)CN(C)[C@H](C)[C@@H](O)[C@]1(C)O.O=CO. The molecule has 0 amide bonds. The molecule has 7 N–H and O–H groups in total. The Hall–Kier alpha value is -3.93. The first-order chi connectivity index (χ1) is 37.6. The van der Waals surface area contributed by atoms with Crippen molar-refractivity contribution in [2.75, 3.05) is 72.7 Å². The predicted molar refractivity (Wildman–Crippen MR) is 302 cm³/mol. The van der Waals surface area contributed by atoms with Crippen molar-refractivity contribution in [3.63, 3.8) is 0 Å². The van der Waals surface area contributed by atoms with Crippen LogP contribution in [-0.2, 0) is 58.7 Å². The van der Waals surface area contributed by atoms with Crippen molar-refractivity contribution in [3.05, 3.63) is 45.7 Å². The van der Waals surface area contributed by atoms with E-state index < -0.39 is 123 Å². The summed E-state index contributed by atoms with van der Waals surface area (Å²) in [7, 11) is 6.23. The van der Waals surface area contributed by atoms with Crippen LogP contribution in [0.5, 0.6) is 0 Å². The van der Waals surface area contributed by atoms with Crippen molar-refractivity contribution >= 4 is 39.4 Å². The van der Waals surface area contributed by atoms with E-state index in [4.69, 9.17) is 42.5 Å². The van der Waals surface area contributed by atoms with Gasteiger partial charge in [0.25, 0.3) is 16.6 Å². The highest BCUT2D eigenvalue weighted by Gasteiger charge is 2.54. The van der Waals surface area contributed by atoms with Gasteiger partial charge >= 0.3 is 11.9 Å². The quantitative estimate of drug-likeness (QED) is 0.0488. The average Bonchev–Trinajstić information content (AvgIpc) is 3.56. The number of cyclic esters (lactones) is 1. The zero-order valence-electron chi connectivity index (χ0n) is 50.3. The smallest absolute Gasteiger partial charge is 0.341 e. The number of carbonyl (C=O) groups is 3. The van der Waals surface area contributed by atoms with Gasteiger partial charge in [-0.1, -0.05) is 26.8 Å². The maximum atomic E-state index is 14.6. The van der Waals surface area contributed by atoms with Crippen LogP contribution in [-0.4, -0.2) is 230 Å². The van der Waals surface area contributed by atoms with E-state index >= 15 is 0 Å². The summed E-state index contributed by atoms with van der Waals surface area (Å²) in [5.74, 6) is -4.74. The molecular weight excluding hydrogens is 1080 g/mol. The second-order valence-electron chi connectivity index (χ2n) is 23.7. The van der Waals surface area contributed by atoms with Crippen molar-refractivity contribution < 1.29 is 86.0 Å². The summed E-state index contributed by atoms with van der Waals surface area (Å²) in [4.78, 5) is 51.6. The standard InChI is InChI=1S/C55H93N5O17S.CH2O2/c1-17-42-55(10,68)47(63)35(6)59(15)29-31(2)27-53(8,67)48(76-52-45(62)41(57(11)12)25-32(3)72-52)33(4)46(34(5)51(66)74-42)75-43-28-54(9,71-16)49(36(7)73-43)77-78(69,70)24-23-56-22-18-19-37-20-21-40-38(26-37)44(61)39(50(64)65)30-60(40)58(13)14;2-1-3/h20-21,26,30-36,41-43,45-49,52,56,62-63,67-68H,17-19,22-25,27-29H2,1-16H3,(H,64,65);1H,(H,2,3)/t31-,32-,33+,34-,35-,36+,41+,42-,43+,45-,46+,47-,48-,49+,52+,53-,54-,55-;/m1./s1. The van der Waals surface area contributed by atoms with Gasteiger partial charge in [-0.05, 0) is 132 Å². The van der Waals surface area contributed by atoms with Crippen LogP contribution in [0.15, 0.2) is 29.2 Å². The molecular formula is C56H95N5O19S. The van der Waals surface area contributed by atoms with E-state index in [1.54, 1.807) is 84.4 Å². The molecule has 0 radical (unpaired) electrons. The van der Waals surface area contributed by atoms with Crippen LogP contribution in [0.3, 0.4) is 0 Å². The lowest BCUT2D eigenvalue weighted by Gasteiger charge is -2.49. The lowest BCUT2D eigenvalue weighted by molar-refractivity contribution is -0.316. The highest BCUT2D eigenvalue weighted by atomic mass is 32.2. The van der Waals surface area contributed by atoms with Crippen molar-refractivity contribution in [1.29, 1.82) is 0 Å². The molecule has 81 heavy (non-hydrogen) atoms. The van der Waals surface area contributed by atoms with Gasteiger partial charge in [0.1, 0.15) is 35.6 Å². The summed E-state index contributed by atoms with van der Waals surface area (Å²) in [6, 6.07) is 4.38. The van der Waals surface area contributed by atoms with E-state index in [0.717, 1.165) is 5.56 Å². The van der Waals surface area contributed by atoms with Crippen LogP contribution >= 0.6 is 0 Å². The number of methoxy groups -OCH3 is 1. The molecule has 5 rings (SSSR count). The molecule has 24 nitrogen and oxygen atoms in total. The minimum absolute atomic E-state index is 0.0486. The van der Waals surface area contributed by atoms with E-state index in [-0.39, 0.29) is 61.3 Å². The van der Waals surface area contributed by atoms with Crippen molar-refractivity contribution in [3.8, 4) is 0 Å². The first kappa shape index (κ1) is 69.6. The molecule has 0 bridgehead atoms. The number of aliphatic hydroxyl groups is 4. The Kier molecular flexibility index (Phi) is 25.1. The Balaban J connectivity index is 0.00000460. The number of hydrogen-bond donors (Lipinski definition) is 7. The molecule has 0 saturated carbocycles. The molecule has 0 aliphatic carbocycles. The molecule has 4 heterocycles. The van der Waals surface area contributed by atoms with Gasteiger partial charge in [0.05, 0.1) is 52.8 Å². The Labute approximate surface area is 478 Å². The number of aliphatic hydroxyl groups excluding tert-OH is 2. The van der Waals surface area contributed by atoms with Gasteiger partial charge in [0.2, 0.25) is 5.43 Å². The minimum atomic E-state index is -4.21. The number of esters is 1. The number of hydrogen-bond acceptors (Lipinski definition) is 21. The third-order valence-electron chi connectivity index (χ3n) is 16.5. The molecule has 3 fully saturated rings. The number of aromatic nitrogens is 1. The van der Waals surface area contributed by atoms with Crippen molar-refractivity contribution in [2.45, 2.75) is 198 Å². The fourth-order valence-electron chi connectivity index (χ4n) is 11.8. The molecule has 1 aromatic carbocycles. The monoisotopic (exact) mass is 1170 g/mol. The number of carbonyl (C=O) groups excluding carboxylic acids is 1. The highest BCUT2D eigenvalue weighted by molar-refractivity contribution is 7.86. The Morgan fingerprint density at radius 2 is 1.60 bits per heavy atom. The fourth-order valence-corrected chi connectivity index (χ4v) is 13.0. The van der Waals surface area contributed by atoms with Crippen LogP contribution in [0.2, 0.25) is 0 Å². The van der Waals surface area contributed by atoms with Gasteiger partial charge in [-0.3, -0.25) is 23.2 Å². The summed E-state index contributed by atoms with van der Waals surface area (Å²) < 4.78 is 73.4. The third-order valence-corrected chi connectivity index (χ3v) is 17.7. The number of fused-ring (bicyclic) bond motifs is 1. The number of pyridine rings is 1. The van der Waals surface area contributed by atoms with E-state index in [9.17, 15) is 48.3 Å². The molecule has 1 aromatic heterocycles. The first-order valence-corrected chi connectivity index (χ1v) is 29.5. The zero-order chi connectivity index (χ0) is 61.3. The number of carboxylic acid groups (broad SMARTS) is 2. The molecule has 0 unspecified atom stereocenters. The Morgan fingerprint density at radius 3 is 2.19 bits per heavy atom. The molecule has 3 aliphatic rings. The zero-order valence-corrected chi connectivity index (χ0v) is 51.1. The van der Waals surface area contributed by atoms with Crippen LogP contribution in [0.4, 0.5) is 0 Å². The molecule has 2 aromatic rings. The predicted octanol–water partition coefficient (Wildman–Crippen LogP) is 2.39. The highest BCUT2D eigenvalue weighted by Crippen LogP contribution is 2.41. The maximum absolute atomic E-state index is 14.6. The second-order valence-corrected chi connectivity index (χ2v) is 25.4. The van der Waals surface area contributed by atoms with E-state index in [0.29, 0.717) is 37.9 Å². The Bertz CT molecular complexity index is 2550. The summed E-state index contributed by atoms with van der Waals surface area (Å²) in [6.07, 6.45) is -7.63. The van der Waals surface area contributed by atoms with Gasteiger partial charge < -0.3 is 79.2 Å². The van der Waals surface area contributed by atoms with Gasteiger partial charge in [0, 0.05) is 70.3 Å². The van der Waals surface area contributed by atoms with Crippen molar-refractivity contribution in [1.82, 2.24) is 19.8 Å². The summed E-state index contributed by atoms with van der Waals surface area (Å²) >= 11 is 0.